The molecule has 2 rings (SSSR count). The van der Waals surface area contributed by atoms with Gasteiger partial charge in [0, 0.05) is 23.6 Å². The van der Waals surface area contributed by atoms with E-state index in [-0.39, 0.29) is 0 Å². The SMILES string of the molecule is Cc1cc(OCc2ccncc2Cl)ccc1N. The highest BCUT2D eigenvalue weighted by molar-refractivity contribution is 6.31. The number of halogens is 1. The van der Waals surface area contributed by atoms with Crippen LogP contribution in [0.1, 0.15) is 11.1 Å². The van der Waals surface area contributed by atoms with Gasteiger partial charge in [-0.15, -0.1) is 0 Å². The molecule has 17 heavy (non-hydrogen) atoms. The second kappa shape index (κ2) is 5.06. The maximum Gasteiger partial charge on any atom is 0.120 e. The molecule has 88 valence electrons. The molecule has 0 amide bonds. The molecule has 0 saturated carbocycles. The minimum absolute atomic E-state index is 0.421. The number of benzene rings is 1. The third-order valence-electron chi connectivity index (χ3n) is 2.49. The first kappa shape index (κ1) is 11.7. The van der Waals surface area contributed by atoms with Crippen molar-refractivity contribution in [3.8, 4) is 5.75 Å². The first-order chi connectivity index (χ1) is 8.16. The minimum atomic E-state index is 0.421. The summed E-state index contributed by atoms with van der Waals surface area (Å²) in [6.45, 7) is 2.37. The molecular formula is C13H13ClN2O. The van der Waals surface area contributed by atoms with Gasteiger partial charge >= 0.3 is 0 Å². The monoisotopic (exact) mass is 248 g/mol. The Morgan fingerprint density at radius 1 is 1.35 bits per heavy atom. The summed E-state index contributed by atoms with van der Waals surface area (Å²) < 4.78 is 5.64. The lowest BCUT2D eigenvalue weighted by molar-refractivity contribution is 0.306. The van der Waals surface area contributed by atoms with Gasteiger partial charge in [0.2, 0.25) is 0 Å². The Morgan fingerprint density at radius 2 is 2.18 bits per heavy atom. The largest absolute Gasteiger partial charge is 0.489 e. The number of hydrogen-bond donors (Lipinski definition) is 1. The van der Waals surface area contributed by atoms with Crippen LogP contribution in [0.5, 0.6) is 5.75 Å². The summed E-state index contributed by atoms with van der Waals surface area (Å²) in [6, 6.07) is 7.42. The van der Waals surface area contributed by atoms with Crippen LogP contribution in [-0.4, -0.2) is 4.98 Å². The third-order valence-corrected chi connectivity index (χ3v) is 2.83. The van der Waals surface area contributed by atoms with Gasteiger partial charge in [-0.1, -0.05) is 11.6 Å². The average molecular weight is 249 g/mol. The van der Waals surface area contributed by atoms with Crippen molar-refractivity contribution in [2.45, 2.75) is 13.5 Å². The topological polar surface area (TPSA) is 48.1 Å². The Labute approximate surface area is 105 Å². The maximum absolute atomic E-state index is 5.98. The van der Waals surface area contributed by atoms with Crippen molar-refractivity contribution in [2.24, 2.45) is 0 Å². The molecule has 0 unspecified atom stereocenters. The second-order valence-electron chi connectivity index (χ2n) is 3.77. The standard InChI is InChI=1S/C13H13ClN2O/c1-9-6-11(2-3-13(9)15)17-8-10-4-5-16-7-12(10)14/h2-7H,8,15H2,1H3. The first-order valence-corrected chi connectivity index (χ1v) is 5.62. The van der Waals surface area contributed by atoms with E-state index in [4.69, 9.17) is 22.1 Å². The van der Waals surface area contributed by atoms with E-state index in [0.29, 0.717) is 11.6 Å². The van der Waals surface area contributed by atoms with Crippen molar-refractivity contribution in [3.05, 3.63) is 52.8 Å². The second-order valence-corrected chi connectivity index (χ2v) is 4.18. The number of anilines is 1. The Kier molecular flexibility index (Phi) is 3.49. The van der Waals surface area contributed by atoms with E-state index >= 15 is 0 Å². The average Bonchev–Trinajstić information content (AvgIpc) is 2.32. The van der Waals surface area contributed by atoms with Gasteiger partial charge in [0.1, 0.15) is 12.4 Å². The zero-order chi connectivity index (χ0) is 12.3. The van der Waals surface area contributed by atoms with Gasteiger partial charge in [-0.2, -0.15) is 0 Å². The molecule has 1 aromatic heterocycles. The Bertz CT molecular complexity index is 529. The number of nitrogens with zero attached hydrogens (tertiary/aromatic N) is 1. The molecule has 0 aliphatic rings. The van der Waals surface area contributed by atoms with Crippen LogP contribution in [0, 0.1) is 6.92 Å². The lowest BCUT2D eigenvalue weighted by Crippen LogP contribution is -1.98. The molecule has 0 atom stereocenters. The van der Waals surface area contributed by atoms with Crippen molar-refractivity contribution in [2.75, 3.05) is 5.73 Å². The molecule has 0 bridgehead atoms. The van der Waals surface area contributed by atoms with E-state index in [1.165, 1.54) is 0 Å². The molecule has 3 nitrogen and oxygen atoms in total. The number of hydrogen-bond acceptors (Lipinski definition) is 3. The predicted octanol–water partition coefficient (Wildman–Crippen LogP) is 3.20. The van der Waals surface area contributed by atoms with Crippen LogP contribution >= 0.6 is 11.6 Å². The van der Waals surface area contributed by atoms with Crippen molar-refractivity contribution in [1.29, 1.82) is 0 Å². The van der Waals surface area contributed by atoms with Gasteiger partial charge in [-0.3, -0.25) is 4.98 Å². The fourth-order valence-electron chi connectivity index (χ4n) is 1.42. The number of aromatic nitrogens is 1. The third kappa shape index (κ3) is 2.88. The quantitative estimate of drug-likeness (QED) is 0.849. The van der Waals surface area contributed by atoms with Crippen LogP contribution in [0.15, 0.2) is 36.7 Å². The molecule has 0 fully saturated rings. The van der Waals surface area contributed by atoms with Gasteiger partial charge in [0.05, 0.1) is 5.02 Å². The molecule has 0 radical (unpaired) electrons. The number of ether oxygens (including phenoxy) is 1. The van der Waals surface area contributed by atoms with E-state index in [2.05, 4.69) is 4.98 Å². The molecule has 0 aliphatic carbocycles. The fourth-order valence-corrected chi connectivity index (χ4v) is 1.59. The summed E-state index contributed by atoms with van der Waals surface area (Å²) in [5.74, 6) is 0.782. The normalized spacial score (nSPS) is 10.2. The van der Waals surface area contributed by atoms with Gasteiger partial charge in [-0.25, -0.2) is 0 Å². The summed E-state index contributed by atoms with van der Waals surface area (Å²) in [4.78, 5) is 3.92. The van der Waals surface area contributed by atoms with E-state index in [1.54, 1.807) is 12.4 Å². The predicted molar refractivity (Wildman–Crippen MR) is 69.2 cm³/mol. The van der Waals surface area contributed by atoms with Crippen LogP contribution in [0.2, 0.25) is 5.02 Å². The van der Waals surface area contributed by atoms with Gasteiger partial charge < -0.3 is 10.5 Å². The smallest absolute Gasteiger partial charge is 0.120 e. The van der Waals surface area contributed by atoms with E-state index in [9.17, 15) is 0 Å². The lowest BCUT2D eigenvalue weighted by atomic mass is 10.2. The number of rotatable bonds is 3. The molecule has 0 saturated heterocycles. The van der Waals surface area contributed by atoms with Gasteiger partial charge in [0.15, 0.2) is 0 Å². The number of nitrogen functional groups attached to an aromatic ring is 1. The molecular weight excluding hydrogens is 236 g/mol. The van der Waals surface area contributed by atoms with Crippen LogP contribution < -0.4 is 10.5 Å². The van der Waals surface area contributed by atoms with Crippen molar-refractivity contribution in [3.63, 3.8) is 0 Å². The Hall–Kier alpha value is -1.74. The number of aryl methyl sites for hydroxylation is 1. The van der Waals surface area contributed by atoms with Crippen LogP contribution in [-0.2, 0) is 6.61 Å². The molecule has 0 aliphatic heterocycles. The van der Waals surface area contributed by atoms with Crippen LogP contribution in [0.25, 0.3) is 0 Å². The van der Waals surface area contributed by atoms with Crippen molar-refractivity contribution < 1.29 is 4.74 Å². The van der Waals surface area contributed by atoms with Crippen LogP contribution in [0.4, 0.5) is 5.69 Å². The first-order valence-electron chi connectivity index (χ1n) is 5.24. The number of pyridine rings is 1. The molecule has 1 aromatic carbocycles. The van der Waals surface area contributed by atoms with E-state index in [1.807, 2.05) is 31.2 Å². The van der Waals surface area contributed by atoms with Gasteiger partial charge in [0.25, 0.3) is 0 Å². The van der Waals surface area contributed by atoms with Crippen molar-refractivity contribution >= 4 is 17.3 Å². The van der Waals surface area contributed by atoms with Crippen molar-refractivity contribution in [1.82, 2.24) is 4.98 Å². The Morgan fingerprint density at radius 3 is 2.88 bits per heavy atom. The molecule has 4 heteroatoms. The molecule has 2 N–H and O–H groups in total. The molecule has 1 heterocycles. The van der Waals surface area contributed by atoms with Crippen LogP contribution in [0.3, 0.4) is 0 Å². The van der Waals surface area contributed by atoms with E-state index in [0.717, 1.165) is 22.6 Å². The molecule has 0 spiro atoms. The minimum Gasteiger partial charge on any atom is -0.489 e. The summed E-state index contributed by atoms with van der Waals surface area (Å²) in [5, 5.41) is 0.611. The highest BCUT2D eigenvalue weighted by atomic mass is 35.5. The van der Waals surface area contributed by atoms with Gasteiger partial charge in [-0.05, 0) is 36.8 Å². The molecule has 2 aromatic rings. The lowest BCUT2D eigenvalue weighted by Gasteiger charge is -2.09. The zero-order valence-electron chi connectivity index (χ0n) is 9.48. The van der Waals surface area contributed by atoms with E-state index < -0.39 is 0 Å². The Balaban J connectivity index is 2.08. The summed E-state index contributed by atoms with van der Waals surface area (Å²) in [7, 11) is 0. The maximum atomic E-state index is 5.98. The number of nitrogens with two attached hydrogens (primary N) is 1. The zero-order valence-corrected chi connectivity index (χ0v) is 10.2. The highest BCUT2D eigenvalue weighted by Gasteiger charge is 2.02. The fraction of sp³-hybridized carbons (Fsp3) is 0.154. The summed E-state index contributed by atoms with van der Waals surface area (Å²) >= 11 is 5.98. The summed E-state index contributed by atoms with van der Waals surface area (Å²) in [5.41, 5.74) is 8.41. The highest BCUT2D eigenvalue weighted by Crippen LogP contribution is 2.21. The summed E-state index contributed by atoms with van der Waals surface area (Å²) in [6.07, 6.45) is 3.30.